The normalized spacial score (nSPS) is 11.4. The minimum absolute atomic E-state index is 0.0928. The summed E-state index contributed by atoms with van der Waals surface area (Å²) in [6, 6.07) is 12.0. The van der Waals surface area contributed by atoms with Crippen LogP contribution >= 0.6 is 11.3 Å². The lowest BCUT2D eigenvalue weighted by atomic mass is 10.1. The summed E-state index contributed by atoms with van der Waals surface area (Å²) < 4.78 is 1.94. The Balaban J connectivity index is 2.26. The van der Waals surface area contributed by atoms with Gasteiger partial charge in [-0.05, 0) is 38.1 Å². The number of hydrogen-bond donors (Lipinski definition) is 1. The van der Waals surface area contributed by atoms with E-state index in [1.807, 2.05) is 49.5 Å². The van der Waals surface area contributed by atoms with Gasteiger partial charge in [0.05, 0.1) is 15.6 Å². The van der Waals surface area contributed by atoms with Crippen LogP contribution in [0.15, 0.2) is 47.4 Å². The van der Waals surface area contributed by atoms with Crippen molar-refractivity contribution in [3.05, 3.63) is 58.4 Å². The number of anilines is 1. The van der Waals surface area contributed by atoms with Crippen LogP contribution in [0.1, 0.15) is 12.5 Å². The Hall–Kier alpha value is -2.46. The molecule has 0 fully saturated rings. The molecule has 0 saturated heterocycles. The van der Waals surface area contributed by atoms with Gasteiger partial charge in [0.15, 0.2) is 5.43 Å². The van der Waals surface area contributed by atoms with E-state index in [9.17, 15) is 4.79 Å². The van der Waals surface area contributed by atoms with Gasteiger partial charge >= 0.3 is 0 Å². The SMILES string of the molecule is CCNc1cccc2ncc3sc4ccc(C)cc4c(=O)c3c12. The van der Waals surface area contributed by atoms with Crippen molar-refractivity contribution in [2.75, 3.05) is 11.9 Å². The van der Waals surface area contributed by atoms with Crippen LogP contribution in [0.4, 0.5) is 5.69 Å². The highest BCUT2D eigenvalue weighted by Gasteiger charge is 2.13. The molecule has 4 heteroatoms. The quantitative estimate of drug-likeness (QED) is 0.430. The molecule has 114 valence electrons. The molecule has 0 aliphatic heterocycles. The van der Waals surface area contributed by atoms with Crippen LogP contribution in [0, 0.1) is 6.92 Å². The zero-order valence-electron chi connectivity index (χ0n) is 13.0. The van der Waals surface area contributed by atoms with Crippen LogP contribution < -0.4 is 10.7 Å². The van der Waals surface area contributed by atoms with E-state index in [1.165, 1.54) is 0 Å². The Morgan fingerprint density at radius 2 is 2.00 bits per heavy atom. The smallest absolute Gasteiger partial charge is 0.196 e. The molecule has 4 aromatic rings. The number of aryl methyl sites for hydroxylation is 1. The fraction of sp³-hybridized carbons (Fsp3) is 0.158. The first-order valence-electron chi connectivity index (χ1n) is 7.68. The third-order valence-electron chi connectivity index (χ3n) is 4.05. The molecule has 0 atom stereocenters. The van der Waals surface area contributed by atoms with E-state index in [1.54, 1.807) is 11.3 Å². The molecule has 3 nitrogen and oxygen atoms in total. The van der Waals surface area contributed by atoms with Crippen molar-refractivity contribution in [3.8, 4) is 0 Å². The van der Waals surface area contributed by atoms with Gasteiger partial charge in [0.1, 0.15) is 0 Å². The maximum Gasteiger partial charge on any atom is 0.196 e. The van der Waals surface area contributed by atoms with Gasteiger partial charge in [-0.15, -0.1) is 11.3 Å². The van der Waals surface area contributed by atoms with Crippen molar-refractivity contribution < 1.29 is 0 Å². The Morgan fingerprint density at radius 3 is 2.83 bits per heavy atom. The number of hydrogen-bond acceptors (Lipinski definition) is 4. The zero-order chi connectivity index (χ0) is 16.0. The van der Waals surface area contributed by atoms with Crippen molar-refractivity contribution in [1.29, 1.82) is 0 Å². The fourth-order valence-electron chi connectivity index (χ4n) is 3.03. The van der Waals surface area contributed by atoms with Gasteiger partial charge < -0.3 is 5.32 Å². The van der Waals surface area contributed by atoms with Crippen LogP contribution in [0.25, 0.3) is 31.1 Å². The van der Waals surface area contributed by atoms with E-state index >= 15 is 0 Å². The van der Waals surface area contributed by atoms with E-state index < -0.39 is 0 Å². The predicted molar refractivity (Wildman–Crippen MR) is 99.8 cm³/mol. The first-order valence-corrected chi connectivity index (χ1v) is 8.49. The number of rotatable bonds is 2. The highest BCUT2D eigenvalue weighted by Crippen LogP contribution is 2.32. The van der Waals surface area contributed by atoms with Crippen LogP contribution in [0.5, 0.6) is 0 Å². The van der Waals surface area contributed by atoms with Gasteiger partial charge in [-0.3, -0.25) is 9.78 Å². The highest BCUT2D eigenvalue weighted by molar-refractivity contribution is 7.24. The third kappa shape index (κ3) is 2.18. The molecule has 2 heterocycles. The third-order valence-corrected chi connectivity index (χ3v) is 5.16. The summed E-state index contributed by atoms with van der Waals surface area (Å²) in [5, 5.41) is 5.85. The van der Waals surface area contributed by atoms with Gasteiger partial charge in [-0.1, -0.05) is 17.7 Å². The highest BCUT2D eigenvalue weighted by atomic mass is 32.1. The summed E-state index contributed by atoms with van der Waals surface area (Å²) in [6.45, 7) is 4.87. The number of pyridine rings is 1. The molecule has 23 heavy (non-hydrogen) atoms. The topological polar surface area (TPSA) is 42.0 Å². The van der Waals surface area contributed by atoms with Crippen molar-refractivity contribution in [2.45, 2.75) is 13.8 Å². The number of benzene rings is 2. The van der Waals surface area contributed by atoms with Crippen molar-refractivity contribution >= 4 is 48.1 Å². The van der Waals surface area contributed by atoms with E-state index in [2.05, 4.69) is 17.2 Å². The second kappa shape index (κ2) is 5.32. The molecule has 4 rings (SSSR count). The lowest BCUT2D eigenvalue weighted by Gasteiger charge is -2.10. The molecule has 0 aliphatic rings. The average molecular weight is 320 g/mol. The maximum atomic E-state index is 13.2. The van der Waals surface area contributed by atoms with E-state index in [-0.39, 0.29) is 5.43 Å². The monoisotopic (exact) mass is 320 g/mol. The predicted octanol–water partition coefficient (Wildman–Crippen LogP) is 4.70. The Morgan fingerprint density at radius 1 is 1.13 bits per heavy atom. The van der Waals surface area contributed by atoms with Crippen LogP contribution in [-0.4, -0.2) is 11.5 Å². The Bertz CT molecular complexity index is 1110. The molecule has 0 radical (unpaired) electrons. The van der Waals surface area contributed by atoms with Crippen molar-refractivity contribution in [1.82, 2.24) is 4.98 Å². The maximum absolute atomic E-state index is 13.2. The summed E-state index contributed by atoms with van der Waals surface area (Å²) in [4.78, 5) is 17.7. The zero-order valence-corrected chi connectivity index (χ0v) is 13.8. The minimum Gasteiger partial charge on any atom is -0.385 e. The van der Waals surface area contributed by atoms with Gasteiger partial charge in [0.25, 0.3) is 0 Å². The average Bonchev–Trinajstić information content (AvgIpc) is 2.56. The summed E-state index contributed by atoms with van der Waals surface area (Å²) in [6.07, 6.45) is 1.82. The first kappa shape index (κ1) is 14.2. The Labute approximate surface area is 137 Å². The van der Waals surface area contributed by atoms with Gasteiger partial charge in [0.2, 0.25) is 0 Å². The van der Waals surface area contributed by atoms with Crippen molar-refractivity contribution in [2.24, 2.45) is 0 Å². The van der Waals surface area contributed by atoms with Gasteiger partial charge in [-0.2, -0.15) is 0 Å². The second-order valence-corrected chi connectivity index (χ2v) is 6.74. The fourth-order valence-corrected chi connectivity index (χ4v) is 4.07. The van der Waals surface area contributed by atoms with Gasteiger partial charge in [-0.25, -0.2) is 0 Å². The molecule has 2 aromatic carbocycles. The lowest BCUT2D eigenvalue weighted by molar-refractivity contribution is 1.22. The largest absolute Gasteiger partial charge is 0.385 e. The molecule has 0 amide bonds. The van der Waals surface area contributed by atoms with Gasteiger partial charge in [0, 0.05) is 33.9 Å². The van der Waals surface area contributed by atoms with Crippen LogP contribution in [0.3, 0.4) is 0 Å². The standard InChI is InChI=1S/C19H16N2OS/c1-3-20-13-5-4-6-14-17(13)18-16(10-21-14)23-15-8-7-11(2)9-12(15)19(18)22/h4-10,20H,3H2,1-2H3. The first-order chi connectivity index (χ1) is 11.2. The van der Waals surface area contributed by atoms with Crippen molar-refractivity contribution in [3.63, 3.8) is 0 Å². The molecular weight excluding hydrogens is 304 g/mol. The number of aromatic nitrogens is 1. The summed E-state index contributed by atoms with van der Waals surface area (Å²) in [7, 11) is 0. The molecular formula is C19H16N2OS. The minimum atomic E-state index is 0.0928. The molecule has 0 saturated carbocycles. The molecule has 0 unspecified atom stereocenters. The number of fused-ring (bicyclic) bond motifs is 4. The molecule has 0 spiro atoms. The Kier molecular flexibility index (Phi) is 3.27. The van der Waals surface area contributed by atoms with Crippen LogP contribution in [0.2, 0.25) is 0 Å². The molecule has 1 N–H and O–H groups in total. The van der Waals surface area contributed by atoms with E-state index in [4.69, 9.17) is 0 Å². The number of nitrogens with zero attached hydrogens (tertiary/aromatic N) is 1. The second-order valence-electron chi connectivity index (χ2n) is 5.66. The summed E-state index contributed by atoms with van der Waals surface area (Å²) in [5.41, 5.74) is 3.02. The molecule has 0 bridgehead atoms. The van der Waals surface area contributed by atoms with Crippen LogP contribution in [-0.2, 0) is 0 Å². The summed E-state index contributed by atoms with van der Waals surface area (Å²) in [5.74, 6) is 0. The summed E-state index contributed by atoms with van der Waals surface area (Å²) >= 11 is 1.63. The molecule has 2 aromatic heterocycles. The number of nitrogens with one attached hydrogen (secondary N) is 1. The lowest BCUT2D eigenvalue weighted by Crippen LogP contribution is -2.05. The van der Waals surface area contributed by atoms with E-state index in [0.717, 1.165) is 48.9 Å². The van der Waals surface area contributed by atoms with E-state index in [0.29, 0.717) is 0 Å². The molecule has 0 aliphatic carbocycles.